The molecule has 1 aromatic heterocycles. The number of benzene rings is 1. The van der Waals surface area contributed by atoms with Crippen molar-refractivity contribution in [3.63, 3.8) is 0 Å². The first-order chi connectivity index (χ1) is 9.33. The van der Waals surface area contributed by atoms with Gasteiger partial charge >= 0.3 is 0 Å². The van der Waals surface area contributed by atoms with Crippen molar-refractivity contribution in [1.29, 1.82) is 0 Å². The van der Waals surface area contributed by atoms with Gasteiger partial charge in [0.15, 0.2) is 0 Å². The highest BCUT2D eigenvalue weighted by Crippen LogP contribution is 2.32. The van der Waals surface area contributed by atoms with Gasteiger partial charge in [-0.25, -0.2) is 4.98 Å². The van der Waals surface area contributed by atoms with Crippen molar-refractivity contribution in [3.05, 3.63) is 64.4 Å². The summed E-state index contributed by atoms with van der Waals surface area (Å²) in [5.41, 5.74) is 3.83. The van der Waals surface area contributed by atoms with Gasteiger partial charge in [-0.15, -0.1) is 0 Å². The summed E-state index contributed by atoms with van der Waals surface area (Å²) >= 11 is 5.78. The van der Waals surface area contributed by atoms with Crippen LogP contribution < -0.4 is 0 Å². The quantitative estimate of drug-likeness (QED) is 0.777. The second-order valence-electron chi connectivity index (χ2n) is 4.88. The van der Waals surface area contributed by atoms with Gasteiger partial charge in [0.25, 0.3) is 0 Å². The molecule has 0 radical (unpaired) electrons. The molecule has 1 atom stereocenters. The van der Waals surface area contributed by atoms with E-state index >= 15 is 0 Å². The number of halogens is 1. The maximum atomic E-state index is 6.05. The minimum Gasteiger partial charge on any atom is -0.369 e. The van der Waals surface area contributed by atoms with Crippen LogP contribution in [0.1, 0.15) is 35.6 Å². The van der Waals surface area contributed by atoms with Crippen molar-refractivity contribution in [2.24, 2.45) is 0 Å². The molecule has 1 aliphatic rings. The lowest BCUT2D eigenvalue weighted by atomic mass is 9.89. The van der Waals surface area contributed by atoms with Crippen LogP contribution in [0.25, 0.3) is 0 Å². The second kappa shape index (κ2) is 5.72. The Morgan fingerprint density at radius 3 is 2.95 bits per heavy atom. The predicted molar refractivity (Wildman–Crippen MR) is 76.2 cm³/mol. The van der Waals surface area contributed by atoms with Crippen LogP contribution >= 0.6 is 11.6 Å². The molecule has 2 aromatic rings. The fraction of sp³-hybridized carbons (Fsp3) is 0.312. The Bertz CT molecular complexity index is 553. The number of nitrogens with zero attached hydrogens (tertiary/aromatic N) is 1. The third-order valence-corrected chi connectivity index (χ3v) is 3.78. The number of aromatic nitrogens is 1. The molecule has 1 heterocycles. The van der Waals surface area contributed by atoms with Crippen molar-refractivity contribution in [1.82, 2.24) is 4.98 Å². The molecule has 1 aromatic carbocycles. The first kappa shape index (κ1) is 12.6. The van der Waals surface area contributed by atoms with Gasteiger partial charge in [0.2, 0.25) is 0 Å². The molecule has 1 aliphatic carbocycles. The molecule has 2 nitrogen and oxygen atoms in total. The average molecular weight is 274 g/mol. The van der Waals surface area contributed by atoms with Crippen LogP contribution in [0.2, 0.25) is 5.15 Å². The third kappa shape index (κ3) is 2.96. The lowest BCUT2D eigenvalue weighted by Crippen LogP contribution is -2.12. The van der Waals surface area contributed by atoms with E-state index in [-0.39, 0.29) is 6.10 Å². The Labute approximate surface area is 118 Å². The van der Waals surface area contributed by atoms with E-state index in [1.54, 1.807) is 12.3 Å². The minimum atomic E-state index is 0.209. The van der Waals surface area contributed by atoms with Crippen molar-refractivity contribution in [2.45, 2.75) is 32.0 Å². The smallest absolute Gasteiger partial charge is 0.129 e. The lowest BCUT2D eigenvalue weighted by molar-refractivity contribution is 0.0281. The summed E-state index contributed by atoms with van der Waals surface area (Å²) in [4.78, 5) is 4.07. The monoisotopic (exact) mass is 273 g/mol. The van der Waals surface area contributed by atoms with E-state index in [4.69, 9.17) is 16.3 Å². The van der Waals surface area contributed by atoms with Crippen LogP contribution in [-0.4, -0.2) is 4.98 Å². The first-order valence-electron chi connectivity index (χ1n) is 6.63. The van der Waals surface area contributed by atoms with E-state index in [0.717, 1.165) is 12.0 Å². The fourth-order valence-electron chi connectivity index (χ4n) is 2.57. The van der Waals surface area contributed by atoms with Gasteiger partial charge in [-0.3, -0.25) is 0 Å². The molecule has 1 unspecified atom stereocenters. The lowest BCUT2D eigenvalue weighted by Gasteiger charge is -2.25. The van der Waals surface area contributed by atoms with Crippen LogP contribution in [0, 0.1) is 0 Å². The van der Waals surface area contributed by atoms with Crippen LogP contribution in [0.4, 0.5) is 0 Å². The SMILES string of the molecule is Clc1ccc(COC2CCCc3ccccc32)cn1. The number of rotatable bonds is 3. The Kier molecular flexibility index (Phi) is 3.81. The highest BCUT2D eigenvalue weighted by Gasteiger charge is 2.20. The van der Waals surface area contributed by atoms with Crippen LogP contribution in [-0.2, 0) is 17.8 Å². The maximum Gasteiger partial charge on any atom is 0.129 e. The first-order valence-corrected chi connectivity index (χ1v) is 7.00. The van der Waals surface area contributed by atoms with Gasteiger partial charge in [-0.05, 0) is 42.0 Å². The van der Waals surface area contributed by atoms with Crippen molar-refractivity contribution in [3.8, 4) is 0 Å². The number of pyridine rings is 1. The summed E-state index contributed by atoms with van der Waals surface area (Å²) in [6, 6.07) is 12.3. The Morgan fingerprint density at radius 2 is 2.11 bits per heavy atom. The van der Waals surface area contributed by atoms with Crippen molar-refractivity contribution < 1.29 is 4.74 Å². The zero-order valence-electron chi connectivity index (χ0n) is 10.7. The molecular weight excluding hydrogens is 258 g/mol. The summed E-state index contributed by atoms with van der Waals surface area (Å²) < 4.78 is 6.05. The largest absolute Gasteiger partial charge is 0.369 e. The Morgan fingerprint density at radius 1 is 1.21 bits per heavy atom. The molecule has 0 spiro atoms. The van der Waals surface area contributed by atoms with Gasteiger partial charge in [-0.2, -0.15) is 0 Å². The van der Waals surface area contributed by atoms with E-state index in [2.05, 4.69) is 29.2 Å². The second-order valence-corrected chi connectivity index (χ2v) is 5.27. The molecule has 0 saturated carbocycles. The summed E-state index contributed by atoms with van der Waals surface area (Å²) in [5, 5.41) is 0.520. The molecule has 19 heavy (non-hydrogen) atoms. The molecule has 0 bridgehead atoms. The summed E-state index contributed by atoms with van der Waals surface area (Å²) in [5.74, 6) is 0. The zero-order chi connectivity index (χ0) is 13.1. The van der Waals surface area contributed by atoms with Crippen LogP contribution in [0.15, 0.2) is 42.6 Å². The molecule has 0 aliphatic heterocycles. The van der Waals surface area contributed by atoms with Crippen LogP contribution in [0.5, 0.6) is 0 Å². The summed E-state index contributed by atoms with van der Waals surface area (Å²) in [7, 11) is 0. The maximum absolute atomic E-state index is 6.05. The summed E-state index contributed by atoms with van der Waals surface area (Å²) in [6.07, 6.45) is 5.44. The minimum absolute atomic E-state index is 0.209. The molecule has 3 rings (SSSR count). The highest BCUT2D eigenvalue weighted by molar-refractivity contribution is 6.29. The predicted octanol–water partition coefficient (Wildman–Crippen LogP) is 4.33. The van der Waals surface area contributed by atoms with Crippen molar-refractivity contribution in [2.75, 3.05) is 0 Å². The van der Waals surface area contributed by atoms with E-state index in [0.29, 0.717) is 11.8 Å². The van der Waals surface area contributed by atoms with Gasteiger partial charge < -0.3 is 4.74 Å². The molecule has 0 fully saturated rings. The number of ether oxygens (including phenoxy) is 1. The highest BCUT2D eigenvalue weighted by atomic mass is 35.5. The molecule has 3 heteroatoms. The number of hydrogen-bond donors (Lipinski definition) is 0. The van der Waals surface area contributed by atoms with Gasteiger partial charge in [0, 0.05) is 6.20 Å². The van der Waals surface area contributed by atoms with E-state index in [9.17, 15) is 0 Å². The molecule has 0 saturated heterocycles. The fourth-order valence-corrected chi connectivity index (χ4v) is 2.68. The number of aryl methyl sites for hydroxylation is 1. The topological polar surface area (TPSA) is 22.1 Å². The standard InChI is InChI=1S/C16H16ClNO/c17-16-9-8-12(10-18-16)11-19-15-7-3-5-13-4-1-2-6-14(13)15/h1-2,4,6,8-10,15H,3,5,7,11H2. The Balaban J connectivity index is 1.69. The van der Waals surface area contributed by atoms with Gasteiger partial charge in [-0.1, -0.05) is 41.9 Å². The number of hydrogen-bond acceptors (Lipinski definition) is 2. The van der Waals surface area contributed by atoms with E-state index < -0.39 is 0 Å². The van der Waals surface area contributed by atoms with E-state index in [1.807, 2.05) is 6.07 Å². The van der Waals surface area contributed by atoms with Gasteiger partial charge in [0.1, 0.15) is 5.15 Å². The van der Waals surface area contributed by atoms with Crippen LogP contribution in [0.3, 0.4) is 0 Å². The van der Waals surface area contributed by atoms with Gasteiger partial charge in [0.05, 0.1) is 12.7 Å². The molecule has 0 N–H and O–H groups in total. The normalized spacial score (nSPS) is 18.1. The Hall–Kier alpha value is -1.38. The van der Waals surface area contributed by atoms with E-state index in [1.165, 1.54) is 24.0 Å². The summed E-state index contributed by atoms with van der Waals surface area (Å²) in [6.45, 7) is 0.586. The number of fused-ring (bicyclic) bond motifs is 1. The third-order valence-electron chi connectivity index (χ3n) is 3.55. The zero-order valence-corrected chi connectivity index (χ0v) is 11.4. The molecule has 0 amide bonds. The van der Waals surface area contributed by atoms with Crippen molar-refractivity contribution >= 4 is 11.6 Å². The average Bonchev–Trinajstić information content (AvgIpc) is 2.47. The molecule has 98 valence electrons. The molecular formula is C16H16ClNO.